The Morgan fingerprint density at radius 3 is 2.67 bits per heavy atom. The molecule has 4 heteroatoms. The van der Waals surface area contributed by atoms with E-state index in [1.54, 1.807) is 0 Å². The molecular formula is C8H6FO3-. The summed E-state index contributed by atoms with van der Waals surface area (Å²) in [5.41, 5.74) is -0.128. The van der Waals surface area contributed by atoms with Crippen molar-refractivity contribution in [1.29, 1.82) is 0 Å². The van der Waals surface area contributed by atoms with Gasteiger partial charge in [-0.15, -0.1) is 5.75 Å². The number of carboxylic acid groups (broad SMARTS) is 1. The second-order valence-corrected chi connectivity index (χ2v) is 2.26. The lowest BCUT2D eigenvalue weighted by Crippen LogP contribution is -2.01. The van der Waals surface area contributed by atoms with Crippen molar-refractivity contribution in [2.45, 2.75) is 6.67 Å². The minimum atomic E-state index is -1.18. The van der Waals surface area contributed by atoms with Crippen LogP contribution in [0.15, 0.2) is 18.2 Å². The number of benzene rings is 1. The highest BCUT2D eigenvalue weighted by molar-refractivity contribution is 5.88. The van der Waals surface area contributed by atoms with Crippen molar-refractivity contribution in [1.82, 2.24) is 0 Å². The number of alkyl halides is 1. The van der Waals surface area contributed by atoms with Crippen LogP contribution in [0, 0.1) is 0 Å². The number of hydrogen-bond donors (Lipinski definition) is 1. The largest absolute Gasteiger partial charge is 0.872 e. The monoisotopic (exact) mass is 169 g/mol. The van der Waals surface area contributed by atoms with Gasteiger partial charge in [-0.1, -0.05) is 12.1 Å². The van der Waals surface area contributed by atoms with Crippen molar-refractivity contribution in [3.63, 3.8) is 0 Å². The molecule has 0 radical (unpaired) electrons. The van der Waals surface area contributed by atoms with E-state index in [1.165, 1.54) is 12.1 Å². The number of carboxylic acids is 1. The molecule has 3 nitrogen and oxygen atoms in total. The van der Waals surface area contributed by atoms with Crippen LogP contribution in [-0.4, -0.2) is 11.1 Å². The van der Waals surface area contributed by atoms with Gasteiger partial charge in [-0.3, -0.25) is 0 Å². The molecule has 0 aliphatic heterocycles. The Bertz CT molecular complexity index is 309. The van der Waals surface area contributed by atoms with Gasteiger partial charge in [-0.25, -0.2) is 9.18 Å². The number of halogens is 1. The van der Waals surface area contributed by atoms with E-state index in [-0.39, 0.29) is 11.1 Å². The van der Waals surface area contributed by atoms with Gasteiger partial charge in [0.15, 0.2) is 0 Å². The zero-order valence-corrected chi connectivity index (χ0v) is 6.08. The molecule has 1 aromatic carbocycles. The lowest BCUT2D eigenvalue weighted by Gasteiger charge is -2.10. The molecule has 0 fully saturated rings. The number of aromatic carboxylic acids is 1. The topological polar surface area (TPSA) is 60.4 Å². The molecule has 0 spiro atoms. The minimum Gasteiger partial charge on any atom is -0.872 e. The summed E-state index contributed by atoms with van der Waals surface area (Å²) in [4.78, 5) is 10.3. The normalized spacial score (nSPS) is 9.75. The van der Waals surface area contributed by atoms with Gasteiger partial charge in [0.25, 0.3) is 0 Å². The maximum atomic E-state index is 12.0. The third-order valence-corrected chi connectivity index (χ3v) is 1.46. The number of hydrogen-bond acceptors (Lipinski definition) is 2. The second-order valence-electron chi connectivity index (χ2n) is 2.26. The molecule has 0 unspecified atom stereocenters. The van der Waals surface area contributed by atoms with Crippen molar-refractivity contribution < 1.29 is 19.4 Å². The predicted molar refractivity (Wildman–Crippen MR) is 37.7 cm³/mol. The van der Waals surface area contributed by atoms with E-state index in [0.29, 0.717) is 0 Å². The summed E-state index contributed by atoms with van der Waals surface area (Å²) in [5, 5.41) is 19.3. The first kappa shape index (κ1) is 8.52. The van der Waals surface area contributed by atoms with Crippen LogP contribution in [0.2, 0.25) is 0 Å². The number of rotatable bonds is 2. The molecule has 0 aromatic heterocycles. The van der Waals surface area contributed by atoms with Crippen molar-refractivity contribution in [2.75, 3.05) is 0 Å². The summed E-state index contributed by atoms with van der Waals surface area (Å²) in [5.74, 6) is -1.75. The van der Waals surface area contributed by atoms with Crippen LogP contribution >= 0.6 is 0 Å². The van der Waals surface area contributed by atoms with E-state index in [2.05, 4.69) is 0 Å². The van der Waals surface area contributed by atoms with Gasteiger partial charge in [-0.2, -0.15) is 0 Å². The summed E-state index contributed by atoms with van der Waals surface area (Å²) in [6.07, 6.45) is 0. The fourth-order valence-electron chi connectivity index (χ4n) is 0.798. The Labute approximate surface area is 68.1 Å². The van der Waals surface area contributed by atoms with Crippen molar-refractivity contribution in [3.05, 3.63) is 29.3 Å². The summed E-state index contributed by atoms with van der Waals surface area (Å²) in [6, 6.07) is 3.31. The van der Waals surface area contributed by atoms with E-state index in [0.717, 1.165) is 6.07 Å². The van der Waals surface area contributed by atoms with Crippen LogP contribution in [-0.2, 0) is 6.67 Å². The third kappa shape index (κ3) is 1.53. The van der Waals surface area contributed by atoms with Crippen LogP contribution < -0.4 is 5.11 Å². The van der Waals surface area contributed by atoms with Gasteiger partial charge in [0, 0.05) is 0 Å². The molecule has 0 heterocycles. The molecule has 0 aliphatic rings. The summed E-state index contributed by atoms with van der Waals surface area (Å²) in [6.45, 7) is -0.862. The zero-order valence-electron chi connectivity index (χ0n) is 6.08. The van der Waals surface area contributed by atoms with Crippen LogP contribution in [0.25, 0.3) is 0 Å². The van der Waals surface area contributed by atoms with Crippen molar-refractivity contribution in [2.24, 2.45) is 0 Å². The first-order chi connectivity index (χ1) is 5.65. The highest BCUT2D eigenvalue weighted by Crippen LogP contribution is 2.16. The first-order valence-corrected chi connectivity index (χ1v) is 3.24. The SMILES string of the molecule is O=C(O)c1ccc(CF)c([O-])c1. The van der Waals surface area contributed by atoms with Gasteiger partial charge < -0.3 is 10.2 Å². The molecule has 0 aliphatic carbocycles. The number of carbonyl (C=O) groups is 1. The summed E-state index contributed by atoms with van der Waals surface area (Å²) < 4.78 is 12.0. The van der Waals surface area contributed by atoms with Gasteiger partial charge in [0.1, 0.15) is 6.67 Å². The smallest absolute Gasteiger partial charge is 0.335 e. The Morgan fingerprint density at radius 1 is 1.58 bits per heavy atom. The third-order valence-electron chi connectivity index (χ3n) is 1.46. The van der Waals surface area contributed by atoms with Gasteiger partial charge in [-0.05, 0) is 11.6 Å². The molecule has 0 saturated heterocycles. The molecule has 0 bridgehead atoms. The molecule has 0 saturated carbocycles. The fourth-order valence-corrected chi connectivity index (χ4v) is 0.798. The lowest BCUT2D eigenvalue weighted by atomic mass is 10.1. The Balaban J connectivity index is 3.10. The zero-order chi connectivity index (χ0) is 9.14. The molecule has 1 rings (SSSR count). The van der Waals surface area contributed by atoms with Crippen molar-refractivity contribution in [3.8, 4) is 5.75 Å². The predicted octanol–water partition coefficient (Wildman–Crippen LogP) is 0.928. The summed E-state index contributed by atoms with van der Waals surface area (Å²) in [7, 11) is 0. The van der Waals surface area contributed by atoms with Crippen LogP contribution in [0.1, 0.15) is 15.9 Å². The van der Waals surface area contributed by atoms with Crippen LogP contribution in [0.4, 0.5) is 4.39 Å². The van der Waals surface area contributed by atoms with E-state index < -0.39 is 18.4 Å². The van der Waals surface area contributed by atoms with E-state index >= 15 is 0 Å². The minimum absolute atomic E-state index is 0.0139. The van der Waals surface area contributed by atoms with Crippen LogP contribution in [0.5, 0.6) is 5.75 Å². The molecule has 0 amide bonds. The average Bonchev–Trinajstić information content (AvgIpc) is 2.04. The second kappa shape index (κ2) is 3.21. The maximum absolute atomic E-state index is 12.0. The Morgan fingerprint density at radius 2 is 2.25 bits per heavy atom. The quantitative estimate of drug-likeness (QED) is 0.716. The summed E-state index contributed by atoms with van der Waals surface area (Å²) >= 11 is 0. The highest BCUT2D eigenvalue weighted by Gasteiger charge is 2.02. The van der Waals surface area contributed by atoms with Gasteiger partial charge >= 0.3 is 5.97 Å². The Hall–Kier alpha value is -1.58. The van der Waals surface area contributed by atoms with Crippen LogP contribution in [0.3, 0.4) is 0 Å². The fraction of sp³-hybridized carbons (Fsp3) is 0.125. The molecule has 1 aromatic rings. The average molecular weight is 169 g/mol. The van der Waals surface area contributed by atoms with E-state index in [1.807, 2.05) is 0 Å². The highest BCUT2D eigenvalue weighted by atomic mass is 19.1. The van der Waals surface area contributed by atoms with E-state index in [4.69, 9.17) is 5.11 Å². The van der Waals surface area contributed by atoms with Crippen molar-refractivity contribution >= 4 is 5.97 Å². The molecule has 0 atom stereocenters. The van der Waals surface area contributed by atoms with E-state index in [9.17, 15) is 14.3 Å². The molecular weight excluding hydrogens is 163 g/mol. The Kier molecular flexibility index (Phi) is 2.28. The lowest BCUT2D eigenvalue weighted by molar-refractivity contribution is -0.269. The standard InChI is InChI=1S/C8H7FO3/c9-4-6-2-1-5(8(11)12)3-7(6)10/h1-3,10H,4H2,(H,11,12)/p-1. The molecule has 64 valence electrons. The molecule has 12 heavy (non-hydrogen) atoms. The van der Waals surface area contributed by atoms with Gasteiger partial charge in [0.05, 0.1) is 5.56 Å². The first-order valence-electron chi connectivity index (χ1n) is 3.24. The maximum Gasteiger partial charge on any atom is 0.335 e. The van der Waals surface area contributed by atoms with Gasteiger partial charge in [0.2, 0.25) is 0 Å². The molecule has 1 N–H and O–H groups in total.